The lowest BCUT2D eigenvalue weighted by atomic mass is 9.82. The van der Waals surface area contributed by atoms with E-state index in [0.29, 0.717) is 25.7 Å². The Bertz CT molecular complexity index is 693. The standard InChI is InChI=1S/C23H34O5/c1-7-26-21(25)23(12-10-19(11-13-23)27-22(4,5)6)28-20(24)15-18-9-8-16(2)14-17(18)3/h8-9,14,19H,7,10-13,15H2,1-6H3. The molecule has 0 radical (unpaired) electrons. The predicted octanol–water partition coefficient (Wildman–Crippen LogP) is 4.45. The van der Waals surface area contributed by atoms with E-state index in [9.17, 15) is 9.59 Å². The Labute approximate surface area is 168 Å². The van der Waals surface area contributed by atoms with Gasteiger partial charge in [0.25, 0.3) is 0 Å². The summed E-state index contributed by atoms with van der Waals surface area (Å²) in [5, 5.41) is 0. The van der Waals surface area contributed by atoms with E-state index < -0.39 is 17.5 Å². The van der Waals surface area contributed by atoms with Crippen LogP contribution in [0, 0.1) is 13.8 Å². The molecule has 2 rings (SSSR count). The molecule has 0 atom stereocenters. The monoisotopic (exact) mass is 390 g/mol. The van der Waals surface area contributed by atoms with Crippen LogP contribution in [0.2, 0.25) is 0 Å². The Morgan fingerprint density at radius 3 is 2.32 bits per heavy atom. The van der Waals surface area contributed by atoms with E-state index >= 15 is 0 Å². The third-order valence-corrected chi connectivity index (χ3v) is 5.05. The van der Waals surface area contributed by atoms with Gasteiger partial charge in [-0.25, -0.2) is 4.79 Å². The fourth-order valence-corrected chi connectivity index (χ4v) is 3.74. The van der Waals surface area contributed by atoms with Gasteiger partial charge in [0.05, 0.1) is 24.7 Å². The van der Waals surface area contributed by atoms with Gasteiger partial charge in [-0.05, 0) is 65.5 Å². The minimum absolute atomic E-state index is 0.0561. The largest absolute Gasteiger partial charge is 0.463 e. The molecule has 0 heterocycles. The average molecular weight is 391 g/mol. The maximum Gasteiger partial charge on any atom is 0.350 e. The van der Waals surface area contributed by atoms with Crippen LogP contribution < -0.4 is 0 Å². The van der Waals surface area contributed by atoms with Crippen LogP contribution in [0.25, 0.3) is 0 Å². The third-order valence-electron chi connectivity index (χ3n) is 5.05. The molecule has 28 heavy (non-hydrogen) atoms. The summed E-state index contributed by atoms with van der Waals surface area (Å²) >= 11 is 0. The molecular formula is C23H34O5. The molecule has 1 aliphatic carbocycles. The van der Waals surface area contributed by atoms with Crippen LogP contribution in [0.3, 0.4) is 0 Å². The first-order valence-corrected chi connectivity index (χ1v) is 10.2. The summed E-state index contributed by atoms with van der Waals surface area (Å²) in [5.41, 5.74) is 1.66. The van der Waals surface area contributed by atoms with Crippen molar-refractivity contribution < 1.29 is 23.8 Å². The Morgan fingerprint density at radius 2 is 1.79 bits per heavy atom. The fraction of sp³-hybridized carbons (Fsp3) is 0.652. The van der Waals surface area contributed by atoms with Gasteiger partial charge >= 0.3 is 11.9 Å². The van der Waals surface area contributed by atoms with Gasteiger partial charge in [-0.2, -0.15) is 0 Å². The molecule has 5 nitrogen and oxygen atoms in total. The quantitative estimate of drug-likeness (QED) is 0.672. The highest BCUT2D eigenvalue weighted by atomic mass is 16.6. The number of carbonyl (C=O) groups excluding carboxylic acids is 2. The van der Waals surface area contributed by atoms with Crippen LogP contribution in [0.15, 0.2) is 18.2 Å². The van der Waals surface area contributed by atoms with Gasteiger partial charge < -0.3 is 14.2 Å². The van der Waals surface area contributed by atoms with Crippen molar-refractivity contribution in [2.75, 3.05) is 6.61 Å². The molecule has 0 aliphatic heterocycles. The molecule has 0 spiro atoms. The molecule has 1 aromatic carbocycles. The van der Waals surface area contributed by atoms with E-state index in [1.807, 2.05) is 52.8 Å². The molecule has 1 fully saturated rings. The van der Waals surface area contributed by atoms with Crippen LogP contribution in [-0.4, -0.2) is 35.9 Å². The maximum atomic E-state index is 12.7. The summed E-state index contributed by atoms with van der Waals surface area (Å²) in [6, 6.07) is 5.96. The van der Waals surface area contributed by atoms with Crippen molar-refractivity contribution in [1.82, 2.24) is 0 Å². The van der Waals surface area contributed by atoms with E-state index in [0.717, 1.165) is 16.7 Å². The maximum absolute atomic E-state index is 12.7. The van der Waals surface area contributed by atoms with Crippen LogP contribution >= 0.6 is 0 Å². The molecule has 1 aliphatic rings. The number of hydrogen-bond donors (Lipinski definition) is 0. The summed E-state index contributed by atoms with van der Waals surface area (Å²) in [6.07, 6.45) is 2.37. The molecule has 5 heteroatoms. The minimum Gasteiger partial charge on any atom is -0.463 e. The second-order valence-corrected chi connectivity index (χ2v) is 8.73. The van der Waals surface area contributed by atoms with E-state index in [4.69, 9.17) is 14.2 Å². The van der Waals surface area contributed by atoms with E-state index in [-0.39, 0.29) is 24.7 Å². The van der Waals surface area contributed by atoms with Gasteiger partial charge in [0.1, 0.15) is 0 Å². The summed E-state index contributed by atoms with van der Waals surface area (Å²) in [6.45, 7) is 12.1. The highest BCUT2D eigenvalue weighted by molar-refractivity contribution is 5.84. The zero-order chi connectivity index (χ0) is 20.9. The Morgan fingerprint density at radius 1 is 1.14 bits per heavy atom. The molecule has 0 saturated heterocycles. The van der Waals surface area contributed by atoms with Crippen molar-refractivity contribution in [2.45, 2.75) is 91.0 Å². The van der Waals surface area contributed by atoms with Gasteiger partial charge in [0.15, 0.2) is 0 Å². The van der Waals surface area contributed by atoms with Crippen LogP contribution in [0.1, 0.15) is 70.1 Å². The zero-order valence-corrected chi connectivity index (χ0v) is 18.1. The van der Waals surface area contributed by atoms with Crippen LogP contribution in [0.4, 0.5) is 0 Å². The Hall–Kier alpha value is -1.88. The molecule has 0 unspecified atom stereocenters. The topological polar surface area (TPSA) is 61.8 Å². The van der Waals surface area contributed by atoms with Crippen molar-refractivity contribution >= 4 is 11.9 Å². The number of carbonyl (C=O) groups is 2. The van der Waals surface area contributed by atoms with E-state index in [1.165, 1.54) is 0 Å². The first kappa shape index (κ1) is 22.4. The van der Waals surface area contributed by atoms with Gasteiger partial charge in [-0.15, -0.1) is 0 Å². The molecule has 156 valence electrons. The third kappa shape index (κ3) is 6.06. The lowest BCUT2D eigenvalue weighted by molar-refractivity contribution is -0.191. The normalized spacial score (nSPS) is 22.6. The average Bonchev–Trinajstić information content (AvgIpc) is 2.58. The van der Waals surface area contributed by atoms with Crippen molar-refractivity contribution in [1.29, 1.82) is 0 Å². The molecule has 0 N–H and O–H groups in total. The zero-order valence-electron chi connectivity index (χ0n) is 18.1. The van der Waals surface area contributed by atoms with Crippen molar-refractivity contribution in [3.63, 3.8) is 0 Å². The predicted molar refractivity (Wildman–Crippen MR) is 108 cm³/mol. The number of rotatable bonds is 6. The summed E-state index contributed by atoms with van der Waals surface area (Å²) < 4.78 is 17.1. The first-order chi connectivity index (χ1) is 13.0. The lowest BCUT2D eigenvalue weighted by Crippen LogP contribution is -2.49. The molecule has 1 aromatic rings. The highest BCUT2D eigenvalue weighted by Gasteiger charge is 2.47. The SMILES string of the molecule is CCOC(=O)C1(OC(=O)Cc2ccc(C)cc2C)CCC(OC(C)(C)C)CC1. The van der Waals surface area contributed by atoms with Gasteiger partial charge in [0.2, 0.25) is 5.60 Å². The smallest absolute Gasteiger partial charge is 0.350 e. The van der Waals surface area contributed by atoms with Crippen LogP contribution in [-0.2, 0) is 30.2 Å². The summed E-state index contributed by atoms with van der Waals surface area (Å²) in [5.74, 6) is -0.839. The van der Waals surface area contributed by atoms with Crippen molar-refractivity contribution in [2.24, 2.45) is 0 Å². The fourth-order valence-electron chi connectivity index (χ4n) is 3.74. The van der Waals surface area contributed by atoms with Crippen molar-refractivity contribution in [3.8, 4) is 0 Å². The van der Waals surface area contributed by atoms with Gasteiger partial charge in [-0.1, -0.05) is 23.8 Å². The van der Waals surface area contributed by atoms with E-state index in [2.05, 4.69) is 0 Å². The number of benzene rings is 1. The van der Waals surface area contributed by atoms with Gasteiger partial charge in [-0.3, -0.25) is 4.79 Å². The van der Waals surface area contributed by atoms with Gasteiger partial charge in [0, 0.05) is 12.8 Å². The minimum atomic E-state index is -1.20. The number of ether oxygens (including phenoxy) is 3. The molecule has 1 saturated carbocycles. The molecule has 0 bridgehead atoms. The summed E-state index contributed by atoms with van der Waals surface area (Å²) in [4.78, 5) is 25.4. The number of hydrogen-bond acceptors (Lipinski definition) is 5. The second-order valence-electron chi connectivity index (χ2n) is 8.73. The Kier molecular flexibility index (Phi) is 7.27. The Balaban J connectivity index is 2.09. The van der Waals surface area contributed by atoms with Crippen molar-refractivity contribution in [3.05, 3.63) is 34.9 Å². The molecular weight excluding hydrogens is 356 g/mol. The molecule has 0 amide bonds. The van der Waals surface area contributed by atoms with Crippen LogP contribution in [0.5, 0.6) is 0 Å². The highest BCUT2D eigenvalue weighted by Crippen LogP contribution is 2.36. The second kappa shape index (κ2) is 9.08. The van der Waals surface area contributed by atoms with E-state index in [1.54, 1.807) is 6.92 Å². The number of esters is 2. The number of aryl methyl sites for hydroxylation is 2. The molecule has 0 aromatic heterocycles. The summed E-state index contributed by atoms with van der Waals surface area (Å²) in [7, 11) is 0. The first-order valence-electron chi connectivity index (χ1n) is 10.2. The lowest BCUT2D eigenvalue weighted by Gasteiger charge is -2.39.